The Morgan fingerprint density at radius 3 is 2.57 bits per heavy atom. The molecule has 2 aliphatic heterocycles. The van der Waals surface area contributed by atoms with Crippen LogP contribution in [0.4, 0.5) is 5.69 Å². The zero-order chi connectivity index (χ0) is 15.9. The van der Waals surface area contributed by atoms with Crippen LogP contribution in [0.15, 0.2) is 41.4 Å². The summed E-state index contributed by atoms with van der Waals surface area (Å²) in [5, 5.41) is 0. The van der Waals surface area contributed by atoms with Crippen LogP contribution in [-0.4, -0.2) is 47.7 Å². The Balaban J connectivity index is 1.53. The summed E-state index contributed by atoms with van der Waals surface area (Å²) >= 11 is 3.42. The highest BCUT2D eigenvalue weighted by atomic mass is 79.9. The molecule has 0 unspecified atom stereocenters. The molecule has 0 amide bonds. The van der Waals surface area contributed by atoms with Crippen molar-refractivity contribution in [3.63, 3.8) is 0 Å². The molecule has 3 heterocycles. The molecule has 5 heteroatoms. The molecule has 0 bridgehead atoms. The van der Waals surface area contributed by atoms with Crippen molar-refractivity contribution in [1.29, 1.82) is 0 Å². The predicted molar refractivity (Wildman–Crippen MR) is 97.3 cm³/mol. The highest BCUT2D eigenvalue weighted by Gasteiger charge is 2.39. The molecule has 122 valence electrons. The fourth-order valence-electron chi connectivity index (χ4n) is 3.95. The molecule has 0 aliphatic carbocycles. The van der Waals surface area contributed by atoms with Crippen molar-refractivity contribution in [3.05, 3.63) is 41.4 Å². The van der Waals surface area contributed by atoms with Crippen LogP contribution < -0.4 is 4.90 Å². The lowest BCUT2D eigenvalue weighted by Crippen LogP contribution is -2.39. The van der Waals surface area contributed by atoms with Gasteiger partial charge in [0.05, 0.1) is 0 Å². The largest absolute Gasteiger partial charge is 0.371 e. The third-order valence-corrected chi connectivity index (χ3v) is 5.94. The number of aromatic nitrogens is 2. The van der Waals surface area contributed by atoms with Gasteiger partial charge < -0.3 is 14.4 Å². The summed E-state index contributed by atoms with van der Waals surface area (Å²) in [4.78, 5) is 9.29. The average Bonchev–Trinajstić information content (AvgIpc) is 3.18. The van der Waals surface area contributed by atoms with Crippen LogP contribution in [0.3, 0.4) is 0 Å². The SMILES string of the molecule is CN1CCC2(CC1)CCN(c1cccc(-n3cnc(Br)c3)c1)C2. The van der Waals surface area contributed by atoms with E-state index in [0.717, 1.165) is 4.60 Å². The Bertz CT molecular complexity index is 688. The molecule has 1 aromatic carbocycles. The monoisotopic (exact) mass is 374 g/mol. The van der Waals surface area contributed by atoms with Crippen LogP contribution in [0.2, 0.25) is 0 Å². The number of piperidine rings is 1. The van der Waals surface area contributed by atoms with Crippen LogP contribution in [0.5, 0.6) is 0 Å². The molecule has 2 fully saturated rings. The zero-order valence-electron chi connectivity index (χ0n) is 13.6. The van der Waals surface area contributed by atoms with E-state index < -0.39 is 0 Å². The lowest BCUT2D eigenvalue weighted by Gasteiger charge is -2.37. The van der Waals surface area contributed by atoms with Crippen LogP contribution in [0.1, 0.15) is 19.3 Å². The highest BCUT2D eigenvalue weighted by Crippen LogP contribution is 2.41. The molecule has 0 N–H and O–H groups in total. The van der Waals surface area contributed by atoms with Crippen molar-refractivity contribution in [1.82, 2.24) is 14.5 Å². The molecular formula is C18H23BrN4. The number of rotatable bonds is 2. The van der Waals surface area contributed by atoms with Gasteiger partial charge >= 0.3 is 0 Å². The number of benzene rings is 1. The number of nitrogens with zero attached hydrogens (tertiary/aromatic N) is 4. The van der Waals surface area contributed by atoms with Gasteiger partial charge in [-0.15, -0.1) is 0 Å². The van der Waals surface area contributed by atoms with Crippen molar-refractivity contribution in [2.24, 2.45) is 5.41 Å². The van der Waals surface area contributed by atoms with E-state index in [1.54, 1.807) is 0 Å². The van der Waals surface area contributed by atoms with Gasteiger partial charge in [-0.05, 0) is 78.9 Å². The first-order valence-electron chi connectivity index (χ1n) is 8.37. The first-order chi connectivity index (χ1) is 11.1. The summed E-state index contributed by atoms with van der Waals surface area (Å²) in [5.74, 6) is 0. The van der Waals surface area contributed by atoms with Gasteiger partial charge in [0.15, 0.2) is 0 Å². The van der Waals surface area contributed by atoms with Crippen molar-refractivity contribution in [2.75, 3.05) is 38.1 Å². The normalized spacial score (nSPS) is 21.2. The minimum atomic E-state index is 0.542. The second-order valence-electron chi connectivity index (χ2n) is 7.10. The van der Waals surface area contributed by atoms with E-state index in [-0.39, 0.29) is 0 Å². The lowest BCUT2D eigenvalue weighted by molar-refractivity contribution is 0.142. The minimum Gasteiger partial charge on any atom is -0.371 e. The van der Waals surface area contributed by atoms with Gasteiger partial charge in [0.1, 0.15) is 10.9 Å². The summed E-state index contributed by atoms with van der Waals surface area (Å²) in [6.07, 6.45) is 7.87. The maximum absolute atomic E-state index is 4.26. The summed E-state index contributed by atoms with van der Waals surface area (Å²) in [5.41, 5.74) is 3.05. The second-order valence-corrected chi connectivity index (χ2v) is 7.91. The van der Waals surface area contributed by atoms with Crippen molar-refractivity contribution >= 4 is 21.6 Å². The molecule has 23 heavy (non-hydrogen) atoms. The van der Waals surface area contributed by atoms with Gasteiger partial charge in [-0.3, -0.25) is 0 Å². The maximum Gasteiger partial charge on any atom is 0.124 e. The van der Waals surface area contributed by atoms with Crippen LogP contribution in [-0.2, 0) is 0 Å². The Morgan fingerprint density at radius 2 is 1.83 bits per heavy atom. The summed E-state index contributed by atoms with van der Waals surface area (Å²) in [6, 6.07) is 8.81. The zero-order valence-corrected chi connectivity index (χ0v) is 15.2. The molecular weight excluding hydrogens is 352 g/mol. The molecule has 0 saturated carbocycles. The van der Waals surface area contributed by atoms with Crippen LogP contribution in [0, 0.1) is 5.41 Å². The van der Waals surface area contributed by atoms with Gasteiger partial charge in [-0.25, -0.2) is 4.98 Å². The molecule has 4 nitrogen and oxygen atoms in total. The van der Waals surface area contributed by atoms with Gasteiger partial charge in [0.25, 0.3) is 0 Å². The van der Waals surface area contributed by atoms with E-state index in [1.165, 1.54) is 56.8 Å². The Morgan fingerprint density at radius 1 is 1.09 bits per heavy atom. The molecule has 2 saturated heterocycles. The van der Waals surface area contributed by atoms with E-state index in [4.69, 9.17) is 0 Å². The molecule has 2 aromatic rings. The summed E-state index contributed by atoms with van der Waals surface area (Å²) < 4.78 is 2.93. The first kappa shape index (κ1) is 15.2. The summed E-state index contributed by atoms with van der Waals surface area (Å²) in [7, 11) is 2.24. The second kappa shape index (κ2) is 5.95. The number of hydrogen-bond acceptors (Lipinski definition) is 3. The van der Waals surface area contributed by atoms with Crippen molar-refractivity contribution in [2.45, 2.75) is 19.3 Å². The number of anilines is 1. The number of hydrogen-bond donors (Lipinski definition) is 0. The number of halogens is 1. The smallest absolute Gasteiger partial charge is 0.124 e. The van der Waals surface area contributed by atoms with Crippen LogP contribution >= 0.6 is 15.9 Å². The minimum absolute atomic E-state index is 0.542. The third kappa shape index (κ3) is 3.04. The fourth-order valence-corrected chi connectivity index (χ4v) is 4.26. The van der Waals surface area contributed by atoms with E-state index >= 15 is 0 Å². The molecule has 0 atom stereocenters. The van der Waals surface area contributed by atoms with E-state index in [2.05, 4.69) is 66.6 Å². The Hall–Kier alpha value is -1.33. The van der Waals surface area contributed by atoms with Crippen molar-refractivity contribution in [3.8, 4) is 5.69 Å². The molecule has 1 spiro atoms. The molecule has 2 aliphatic rings. The van der Waals surface area contributed by atoms with Crippen LogP contribution in [0.25, 0.3) is 5.69 Å². The Kier molecular flexibility index (Phi) is 3.93. The topological polar surface area (TPSA) is 24.3 Å². The standard InChI is InChI=1S/C18H23BrN4/c1-21-8-5-18(6-9-21)7-10-22(13-18)15-3-2-4-16(11-15)23-12-17(19)20-14-23/h2-4,11-12,14H,5-10,13H2,1H3. The molecule has 4 rings (SSSR count). The number of imidazole rings is 1. The maximum atomic E-state index is 4.26. The third-order valence-electron chi connectivity index (χ3n) is 5.53. The van der Waals surface area contributed by atoms with E-state index in [0.29, 0.717) is 5.41 Å². The first-order valence-corrected chi connectivity index (χ1v) is 9.16. The quantitative estimate of drug-likeness (QED) is 0.802. The lowest BCUT2D eigenvalue weighted by atomic mass is 9.78. The Labute approximate surface area is 146 Å². The number of likely N-dealkylation sites (tertiary alicyclic amines) is 1. The van der Waals surface area contributed by atoms with Gasteiger partial charge in [0, 0.05) is 30.7 Å². The van der Waals surface area contributed by atoms with E-state index in [9.17, 15) is 0 Å². The molecule has 1 aromatic heterocycles. The van der Waals surface area contributed by atoms with Gasteiger partial charge in [0.2, 0.25) is 0 Å². The molecule has 0 radical (unpaired) electrons. The fraction of sp³-hybridized carbons (Fsp3) is 0.500. The highest BCUT2D eigenvalue weighted by molar-refractivity contribution is 9.10. The average molecular weight is 375 g/mol. The van der Waals surface area contributed by atoms with Gasteiger partial charge in [-0.2, -0.15) is 0 Å². The van der Waals surface area contributed by atoms with Gasteiger partial charge in [-0.1, -0.05) is 6.07 Å². The predicted octanol–water partition coefficient (Wildman–Crippen LogP) is 3.56. The van der Waals surface area contributed by atoms with Crippen molar-refractivity contribution < 1.29 is 0 Å². The van der Waals surface area contributed by atoms with E-state index in [1.807, 2.05) is 12.5 Å². The summed E-state index contributed by atoms with van der Waals surface area (Å²) in [6.45, 7) is 4.88.